The van der Waals surface area contributed by atoms with Crippen molar-refractivity contribution in [2.24, 2.45) is 0 Å². The van der Waals surface area contributed by atoms with Crippen molar-refractivity contribution < 1.29 is 4.74 Å². The van der Waals surface area contributed by atoms with Gasteiger partial charge >= 0.3 is 0 Å². The maximum absolute atomic E-state index is 6.22. The molecule has 0 saturated carbocycles. The summed E-state index contributed by atoms with van der Waals surface area (Å²) < 4.78 is 6.22. The Morgan fingerprint density at radius 2 is 1.68 bits per heavy atom. The van der Waals surface area contributed by atoms with Crippen LogP contribution < -0.4 is 4.74 Å². The van der Waals surface area contributed by atoms with Crippen LogP contribution in [-0.2, 0) is 13.0 Å². The maximum Gasteiger partial charge on any atom is 0.120 e. The van der Waals surface area contributed by atoms with Gasteiger partial charge in [0.1, 0.15) is 12.4 Å². The van der Waals surface area contributed by atoms with Gasteiger partial charge in [-0.1, -0.05) is 67.6 Å². The van der Waals surface area contributed by atoms with E-state index in [1.54, 1.807) is 0 Å². The van der Waals surface area contributed by atoms with E-state index in [0.29, 0.717) is 18.6 Å². The molecule has 0 bridgehead atoms. The SMILES string of the molecule is CC1c2ccc(OCc3ccccc3-c3ccccc3)cc2CCC1N(C)C. The van der Waals surface area contributed by atoms with Crippen molar-refractivity contribution in [1.82, 2.24) is 4.90 Å². The van der Waals surface area contributed by atoms with E-state index in [2.05, 4.69) is 98.7 Å². The first-order valence-electron chi connectivity index (χ1n) is 10.2. The van der Waals surface area contributed by atoms with Crippen LogP contribution in [0, 0.1) is 0 Å². The number of likely N-dealkylation sites (N-methyl/N-ethyl adjacent to an activating group) is 1. The number of aryl methyl sites for hydroxylation is 1. The quantitative estimate of drug-likeness (QED) is 0.552. The van der Waals surface area contributed by atoms with Crippen LogP contribution in [0.4, 0.5) is 0 Å². The van der Waals surface area contributed by atoms with Crippen LogP contribution in [-0.4, -0.2) is 25.0 Å². The van der Waals surface area contributed by atoms with E-state index in [0.717, 1.165) is 12.2 Å². The molecule has 0 fully saturated rings. The van der Waals surface area contributed by atoms with E-state index < -0.39 is 0 Å². The topological polar surface area (TPSA) is 12.5 Å². The number of ether oxygens (including phenoxy) is 1. The zero-order valence-electron chi connectivity index (χ0n) is 17.1. The van der Waals surface area contributed by atoms with Gasteiger partial charge in [0.15, 0.2) is 0 Å². The normalized spacial score (nSPS) is 18.7. The molecule has 0 N–H and O–H groups in total. The molecule has 1 aliphatic rings. The number of hydrogen-bond acceptors (Lipinski definition) is 2. The van der Waals surface area contributed by atoms with E-state index in [-0.39, 0.29) is 0 Å². The lowest BCUT2D eigenvalue weighted by molar-refractivity contribution is 0.236. The summed E-state index contributed by atoms with van der Waals surface area (Å²) in [5.41, 5.74) is 6.60. The Bertz CT molecular complexity index is 932. The Hall–Kier alpha value is -2.58. The fraction of sp³-hybridized carbons (Fsp3) is 0.308. The average molecular weight is 372 g/mol. The van der Waals surface area contributed by atoms with Crippen LogP contribution in [0.1, 0.15) is 36.0 Å². The molecule has 4 rings (SSSR count). The Morgan fingerprint density at radius 3 is 2.46 bits per heavy atom. The van der Waals surface area contributed by atoms with Crippen molar-refractivity contribution in [3.8, 4) is 16.9 Å². The molecular weight excluding hydrogens is 342 g/mol. The highest BCUT2D eigenvalue weighted by Crippen LogP contribution is 2.35. The summed E-state index contributed by atoms with van der Waals surface area (Å²) in [6, 6.07) is 26.3. The molecule has 0 spiro atoms. The Balaban J connectivity index is 1.52. The van der Waals surface area contributed by atoms with Gasteiger partial charge in [-0.3, -0.25) is 0 Å². The smallest absolute Gasteiger partial charge is 0.120 e. The van der Waals surface area contributed by atoms with Crippen LogP contribution >= 0.6 is 0 Å². The molecule has 3 aromatic carbocycles. The molecule has 0 aromatic heterocycles. The van der Waals surface area contributed by atoms with Gasteiger partial charge in [0, 0.05) is 6.04 Å². The second-order valence-electron chi connectivity index (χ2n) is 8.03. The monoisotopic (exact) mass is 371 g/mol. The molecule has 144 valence electrons. The number of benzene rings is 3. The van der Waals surface area contributed by atoms with Gasteiger partial charge in [0.05, 0.1) is 0 Å². The van der Waals surface area contributed by atoms with Gasteiger partial charge < -0.3 is 9.64 Å². The molecule has 0 amide bonds. The van der Waals surface area contributed by atoms with Crippen LogP contribution in [0.2, 0.25) is 0 Å². The summed E-state index contributed by atoms with van der Waals surface area (Å²) in [6.07, 6.45) is 2.34. The van der Waals surface area contributed by atoms with Gasteiger partial charge in [-0.05, 0) is 72.8 Å². The third-order valence-corrected chi connectivity index (χ3v) is 6.05. The highest BCUT2D eigenvalue weighted by Gasteiger charge is 2.27. The highest BCUT2D eigenvalue weighted by molar-refractivity contribution is 5.67. The molecule has 2 atom stereocenters. The summed E-state index contributed by atoms with van der Waals surface area (Å²) in [5, 5.41) is 0. The zero-order valence-corrected chi connectivity index (χ0v) is 17.1. The minimum absolute atomic E-state index is 0.562. The minimum Gasteiger partial charge on any atom is -0.489 e. The molecule has 2 heteroatoms. The summed E-state index contributed by atoms with van der Waals surface area (Å²) in [5.74, 6) is 1.53. The Kier molecular flexibility index (Phi) is 5.50. The minimum atomic E-state index is 0.562. The van der Waals surface area contributed by atoms with Crippen LogP contribution in [0.3, 0.4) is 0 Å². The van der Waals surface area contributed by atoms with Crippen molar-refractivity contribution in [2.75, 3.05) is 14.1 Å². The standard InChI is InChI=1S/C26H29NO/c1-19-24-15-14-23(17-21(24)13-16-26(19)27(2)3)28-18-22-11-7-8-12-25(22)20-9-5-4-6-10-20/h4-12,14-15,17,19,26H,13,16,18H2,1-3H3. The number of rotatable bonds is 5. The fourth-order valence-corrected chi connectivity index (χ4v) is 4.51. The zero-order chi connectivity index (χ0) is 19.5. The first-order valence-corrected chi connectivity index (χ1v) is 10.2. The maximum atomic E-state index is 6.22. The Morgan fingerprint density at radius 1 is 0.929 bits per heavy atom. The highest BCUT2D eigenvalue weighted by atomic mass is 16.5. The van der Waals surface area contributed by atoms with Gasteiger partial charge in [-0.2, -0.15) is 0 Å². The third kappa shape index (κ3) is 3.83. The summed E-state index contributed by atoms with van der Waals surface area (Å²) in [4.78, 5) is 2.36. The number of nitrogens with zero attached hydrogens (tertiary/aromatic N) is 1. The summed E-state index contributed by atoms with van der Waals surface area (Å²) >= 11 is 0. The Labute approximate surface area is 168 Å². The lowest BCUT2D eigenvalue weighted by Gasteiger charge is -2.35. The number of hydrogen-bond donors (Lipinski definition) is 0. The average Bonchev–Trinajstić information content (AvgIpc) is 2.73. The van der Waals surface area contributed by atoms with Crippen molar-refractivity contribution in [1.29, 1.82) is 0 Å². The lowest BCUT2D eigenvalue weighted by Crippen LogP contribution is -2.36. The largest absolute Gasteiger partial charge is 0.489 e. The van der Waals surface area contributed by atoms with Crippen molar-refractivity contribution in [2.45, 2.75) is 38.3 Å². The van der Waals surface area contributed by atoms with E-state index in [9.17, 15) is 0 Å². The predicted molar refractivity (Wildman–Crippen MR) is 117 cm³/mol. The summed E-state index contributed by atoms with van der Waals surface area (Å²) in [7, 11) is 4.38. The molecule has 28 heavy (non-hydrogen) atoms. The molecule has 2 unspecified atom stereocenters. The molecule has 0 aliphatic heterocycles. The molecule has 0 saturated heterocycles. The van der Waals surface area contributed by atoms with E-state index in [4.69, 9.17) is 4.74 Å². The predicted octanol–water partition coefficient (Wildman–Crippen LogP) is 5.91. The van der Waals surface area contributed by atoms with Crippen molar-refractivity contribution >= 4 is 0 Å². The molecular formula is C26H29NO. The molecule has 0 radical (unpaired) electrons. The van der Waals surface area contributed by atoms with Crippen molar-refractivity contribution in [3.05, 3.63) is 89.5 Å². The van der Waals surface area contributed by atoms with Crippen LogP contribution in [0.5, 0.6) is 5.75 Å². The van der Waals surface area contributed by atoms with Crippen molar-refractivity contribution in [3.63, 3.8) is 0 Å². The molecule has 1 aliphatic carbocycles. The summed E-state index contributed by atoms with van der Waals surface area (Å²) in [6.45, 7) is 2.93. The van der Waals surface area contributed by atoms with Crippen LogP contribution in [0.15, 0.2) is 72.8 Å². The van der Waals surface area contributed by atoms with E-state index in [1.165, 1.54) is 34.2 Å². The van der Waals surface area contributed by atoms with E-state index in [1.807, 2.05) is 0 Å². The van der Waals surface area contributed by atoms with Gasteiger partial charge in [-0.15, -0.1) is 0 Å². The number of fused-ring (bicyclic) bond motifs is 1. The first kappa shape index (κ1) is 18.8. The van der Waals surface area contributed by atoms with Crippen LogP contribution in [0.25, 0.3) is 11.1 Å². The second-order valence-corrected chi connectivity index (χ2v) is 8.03. The molecule has 0 heterocycles. The lowest BCUT2D eigenvalue weighted by atomic mass is 9.80. The third-order valence-electron chi connectivity index (χ3n) is 6.05. The van der Waals surface area contributed by atoms with Gasteiger partial charge in [-0.25, -0.2) is 0 Å². The molecule has 3 aromatic rings. The van der Waals surface area contributed by atoms with Gasteiger partial charge in [0.25, 0.3) is 0 Å². The molecule has 2 nitrogen and oxygen atoms in total. The fourth-order valence-electron chi connectivity index (χ4n) is 4.51. The first-order chi connectivity index (χ1) is 13.6. The second kappa shape index (κ2) is 8.20. The van der Waals surface area contributed by atoms with E-state index >= 15 is 0 Å². The van der Waals surface area contributed by atoms with Gasteiger partial charge in [0.2, 0.25) is 0 Å².